The van der Waals surface area contributed by atoms with Gasteiger partial charge in [-0.25, -0.2) is 0 Å². The van der Waals surface area contributed by atoms with Gasteiger partial charge in [0.2, 0.25) is 0 Å². The summed E-state index contributed by atoms with van der Waals surface area (Å²) in [4.78, 5) is 4.49. The van der Waals surface area contributed by atoms with Crippen molar-refractivity contribution < 1.29 is 9.47 Å². The molecule has 0 atom stereocenters. The lowest BCUT2D eigenvalue weighted by molar-refractivity contribution is 0.257. The van der Waals surface area contributed by atoms with Gasteiger partial charge in [-0.05, 0) is 70.5 Å². The number of methoxy groups -OCH3 is 1. The number of nitrogens with zero attached hydrogens (tertiary/aromatic N) is 1. The van der Waals surface area contributed by atoms with Gasteiger partial charge >= 0.3 is 0 Å². The maximum absolute atomic E-state index is 5.75. The molecule has 0 spiro atoms. The average Bonchev–Trinajstić information content (AvgIpc) is 2.51. The summed E-state index contributed by atoms with van der Waals surface area (Å²) in [5.41, 5.74) is 1.92. The molecular weight excluding hydrogens is 389 g/mol. The first kappa shape index (κ1) is 16.8. The molecule has 0 aliphatic carbocycles. The Morgan fingerprint density at radius 1 is 1.14 bits per heavy atom. The van der Waals surface area contributed by atoms with Crippen LogP contribution in [0.15, 0.2) is 47.5 Å². The number of benzene rings is 2. The monoisotopic (exact) mass is 409 g/mol. The first-order valence-corrected chi connectivity index (χ1v) is 8.27. The van der Waals surface area contributed by atoms with Crippen molar-refractivity contribution in [3.8, 4) is 11.5 Å². The van der Waals surface area contributed by atoms with Crippen molar-refractivity contribution >= 4 is 34.5 Å². The molecule has 0 amide bonds. The second kappa shape index (κ2) is 8.17. The molecule has 116 valence electrons. The smallest absolute Gasteiger partial charge is 0.161 e. The fourth-order valence-corrected chi connectivity index (χ4v) is 2.37. The highest BCUT2D eigenvalue weighted by molar-refractivity contribution is 14.1. The van der Waals surface area contributed by atoms with Crippen LogP contribution in [0.2, 0.25) is 0 Å². The molecule has 0 N–H and O–H groups in total. The summed E-state index contributed by atoms with van der Waals surface area (Å²) in [6, 6.07) is 13.9. The summed E-state index contributed by atoms with van der Waals surface area (Å²) in [5.74, 6) is 1.97. The summed E-state index contributed by atoms with van der Waals surface area (Å²) in [6.07, 6.45) is 1.83. The number of ether oxygens (including phenoxy) is 2. The van der Waals surface area contributed by atoms with Gasteiger partial charge in [-0.1, -0.05) is 19.9 Å². The molecule has 0 heterocycles. The quantitative estimate of drug-likeness (QED) is 0.492. The van der Waals surface area contributed by atoms with Gasteiger partial charge in [-0.15, -0.1) is 0 Å². The lowest BCUT2D eigenvalue weighted by Crippen LogP contribution is -2.05. The highest BCUT2D eigenvalue weighted by Gasteiger charge is 2.06. The van der Waals surface area contributed by atoms with E-state index in [-0.39, 0.29) is 0 Å². The molecular formula is C18H20INO2. The van der Waals surface area contributed by atoms with Crippen molar-refractivity contribution in [1.29, 1.82) is 0 Å². The van der Waals surface area contributed by atoms with E-state index in [1.54, 1.807) is 7.11 Å². The van der Waals surface area contributed by atoms with E-state index in [1.807, 2.05) is 48.7 Å². The van der Waals surface area contributed by atoms with Crippen LogP contribution in [0.25, 0.3) is 0 Å². The molecule has 3 nitrogen and oxygen atoms in total. The highest BCUT2D eigenvalue weighted by atomic mass is 127. The van der Waals surface area contributed by atoms with Crippen molar-refractivity contribution in [1.82, 2.24) is 0 Å². The Balaban J connectivity index is 2.15. The van der Waals surface area contributed by atoms with Crippen LogP contribution in [0.4, 0.5) is 5.69 Å². The zero-order chi connectivity index (χ0) is 15.9. The maximum Gasteiger partial charge on any atom is 0.161 e. The molecule has 0 saturated carbocycles. The fourth-order valence-electron chi connectivity index (χ4n) is 1.85. The Hall–Kier alpha value is -1.56. The van der Waals surface area contributed by atoms with Crippen LogP contribution in [0, 0.1) is 9.49 Å². The zero-order valence-corrected chi connectivity index (χ0v) is 15.2. The Morgan fingerprint density at radius 3 is 2.64 bits per heavy atom. The summed E-state index contributed by atoms with van der Waals surface area (Å²) < 4.78 is 12.3. The average molecular weight is 409 g/mol. The maximum atomic E-state index is 5.75. The molecule has 22 heavy (non-hydrogen) atoms. The van der Waals surface area contributed by atoms with E-state index >= 15 is 0 Å². The third kappa shape index (κ3) is 5.02. The van der Waals surface area contributed by atoms with Crippen LogP contribution < -0.4 is 9.47 Å². The van der Waals surface area contributed by atoms with Gasteiger partial charge in [0, 0.05) is 9.78 Å². The minimum atomic E-state index is 0.478. The van der Waals surface area contributed by atoms with Crippen LogP contribution in [-0.2, 0) is 0 Å². The predicted octanol–water partition coefficient (Wildman–Crippen LogP) is 5.09. The van der Waals surface area contributed by atoms with Crippen LogP contribution >= 0.6 is 22.6 Å². The van der Waals surface area contributed by atoms with Crippen molar-refractivity contribution in [2.45, 2.75) is 13.8 Å². The lowest BCUT2D eigenvalue weighted by atomic mass is 10.2. The molecule has 0 fully saturated rings. The Kier molecular flexibility index (Phi) is 6.24. The summed E-state index contributed by atoms with van der Waals surface area (Å²) in [7, 11) is 1.65. The summed E-state index contributed by atoms with van der Waals surface area (Å²) in [5, 5.41) is 0. The number of halogens is 1. The van der Waals surface area contributed by atoms with E-state index < -0.39 is 0 Å². The molecule has 0 unspecified atom stereocenters. The molecule has 4 heteroatoms. The van der Waals surface area contributed by atoms with Crippen molar-refractivity contribution in [3.05, 3.63) is 51.6 Å². The third-order valence-corrected chi connectivity index (χ3v) is 3.60. The molecule has 2 rings (SSSR count). The molecule has 0 aliphatic heterocycles. The number of hydrogen-bond acceptors (Lipinski definition) is 3. The van der Waals surface area contributed by atoms with Crippen molar-refractivity contribution in [3.63, 3.8) is 0 Å². The van der Waals surface area contributed by atoms with E-state index in [0.717, 1.165) is 22.7 Å². The zero-order valence-electron chi connectivity index (χ0n) is 13.0. The SMILES string of the molecule is COc1cc(C=Nc2cccc(I)c2)ccc1OCC(C)C. The van der Waals surface area contributed by atoms with E-state index in [9.17, 15) is 0 Å². The molecule has 0 radical (unpaired) electrons. The molecule has 0 saturated heterocycles. The normalized spacial score (nSPS) is 11.1. The largest absolute Gasteiger partial charge is 0.493 e. The Labute approximate surface area is 145 Å². The molecule has 2 aromatic rings. The number of hydrogen-bond donors (Lipinski definition) is 0. The van der Waals surface area contributed by atoms with Gasteiger partial charge in [0.25, 0.3) is 0 Å². The molecule has 0 aromatic heterocycles. The number of aliphatic imine (C=N–C) groups is 1. The summed E-state index contributed by atoms with van der Waals surface area (Å²) >= 11 is 2.28. The van der Waals surface area contributed by atoms with E-state index in [0.29, 0.717) is 12.5 Å². The minimum Gasteiger partial charge on any atom is -0.493 e. The van der Waals surface area contributed by atoms with Crippen LogP contribution in [-0.4, -0.2) is 19.9 Å². The third-order valence-electron chi connectivity index (χ3n) is 2.93. The first-order valence-electron chi connectivity index (χ1n) is 7.19. The van der Waals surface area contributed by atoms with Gasteiger partial charge in [-0.3, -0.25) is 4.99 Å². The van der Waals surface area contributed by atoms with E-state index in [2.05, 4.69) is 41.4 Å². The fraction of sp³-hybridized carbons (Fsp3) is 0.278. The summed E-state index contributed by atoms with van der Waals surface area (Å²) in [6.45, 7) is 4.91. The Bertz CT molecular complexity index is 653. The first-order chi connectivity index (χ1) is 10.6. The van der Waals surface area contributed by atoms with Crippen LogP contribution in [0.5, 0.6) is 11.5 Å². The lowest BCUT2D eigenvalue weighted by Gasteiger charge is -2.12. The van der Waals surface area contributed by atoms with Crippen LogP contribution in [0.3, 0.4) is 0 Å². The van der Waals surface area contributed by atoms with Gasteiger partial charge in [0.1, 0.15) is 0 Å². The predicted molar refractivity (Wildman–Crippen MR) is 99.7 cm³/mol. The standard InChI is InChI=1S/C18H20INO2/c1-13(2)12-22-17-8-7-14(9-18(17)21-3)11-20-16-6-4-5-15(19)10-16/h4-11,13H,12H2,1-3H3. The van der Waals surface area contributed by atoms with Crippen molar-refractivity contribution in [2.24, 2.45) is 10.9 Å². The number of rotatable bonds is 6. The second-order valence-corrected chi connectivity index (χ2v) is 6.60. The van der Waals surface area contributed by atoms with Crippen LogP contribution in [0.1, 0.15) is 19.4 Å². The van der Waals surface area contributed by atoms with E-state index in [1.165, 1.54) is 3.57 Å². The van der Waals surface area contributed by atoms with Crippen molar-refractivity contribution in [2.75, 3.05) is 13.7 Å². The minimum absolute atomic E-state index is 0.478. The molecule has 2 aromatic carbocycles. The topological polar surface area (TPSA) is 30.8 Å². The van der Waals surface area contributed by atoms with Gasteiger partial charge in [0.05, 0.1) is 19.4 Å². The van der Waals surface area contributed by atoms with Gasteiger partial charge < -0.3 is 9.47 Å². The molecule has 0 bridgehead atoms. The van der Waals surface area contributed by atoms with Gasteiger partial charge in [-0.2, -0.15) is 0 Å². The molecule has 0 aliphatic rings. The van der Waals surface area contributed by atoms with E-state index in [4.69, 9.17) is 9.47 Å². The Morgan fingerprint density at radius 2 is 1.95 bits per heavy atom. The second-order valence-electron chi connectivity index (χ2n) is 5.35. The van der Waals surface area contributed by atoms with Gasteiger partial charge in [0.15, 0.2) is 11.5 Å². The highest BCUT2D eigenvalue weighted by Crippen LogP contribution is 2.28.